The second-order valence-electron chi connectivity index (χ2n) is 4.41. The van der Waals surface area contributed by atoms with E-state index in [2.05, 4.69) is 10.5 Å². The maximum Gasteiger partial charge on any atom is 0.257 e. The van der Waals surface area contributed by atoms with Gasteiger partial charge in [0.1, 0.15) is 5.56 Å². The van der Waals surface area contributed by atoms with Crippen LogP contribution in [0.2, 0.25) is 0 Å². The Morgan fingerprint density at radius 1 is 1.25 bits per heavy atom. The van der Waals surface area contributed by atoms with Crippen molar-refractivity contribution in [2.45, 2.75) is 0 Å². The fraction of sp³-hybridized carbons (Fsp3) is 0.214. The zero-order valence-corrected chi connectivity index (χ0v) is 11.3. The molecule has 0 spiro atoms. The molecule has 0 saturated carbocycles. The lowest BCUT2D eigenvalue weighted by molar-refractivity contribution is -0.127. The Balaban J connectivity index is 2.12. The molecule has 104 valence electrons. The first-order valence-corrected chi connectivity index (χ1v) is 6.08. The first kappa shape index (κ1) is 13.8. The molecule has 0 atom stereocenters. The highest BCUT2D eigenvalue weighted by atomic mass is 16.5. The van der Waals surface area contributed by atoms with Gasteiger partial charge in [-0.25, -0.2) is 0 Å². The number of nitrogens with one attached hydrogen (secondary N) is 1. The van der Waals surface area contributed by atoms with Crippen LogP contribution in [0.4, 0.5) is 0 Å². The van der Waals surface area contributed by atoms with Crippen molar-refractivity contribution >= 4 is 11.8 Å². The number of nitrogens with zero attached hydrogens (tertiary/aromatic N) is 2. The third-order valence-electron chi connectivity index (χ3n) is 2.75. The van der Waals surface area contributed by atoms with Crippen molar-refractivity contribution in [2.24, 2.45) is 0 Å². The number of aromatic nitrogens is 1. The van der Waals surface area contributed by atoms with Crippen LogP contribution in [0, 0.1) is 0 Å². The van der Waals surface area contributed by atoms with Gasteiger partial charge in [-0.05, 0) is 0 Å². The van der Waals surface area contributed by atoms with E-state index in [0.29, 0.717) is 11.3 Å². The molecule has 1 aromatic heterocycles. The molecule has 6 nitrogen and oxygen atoms in total. The highest BCUT2D eigenvalue weighted by Crippen LogP contribution is 2.22. The number of hydrogen-bond donors (Lipinski definition) is 1. The lowest BCUT2D eigenvalue weighted by Gasteiger charge is -2.10. The van der Waals surface area contributed by atoms with Crippen LogP contribution in [-0.4, -0.2) is 42.5 Å². The van der Waals surface area contributed by atoms with E-state index in [1.54, 1.807) is 14.1 Å². The minimum absolute atomic E-state index is 0.0642. The van der Waals surface area contributed by atoms with Crippen molar-refractivity contribution in [1.29, 1.82) is 0 Å². The summed E-state index contributed by atoms with van der Waals surface area (Å²) in [4.78, 5) is 24.9. The number of rotatable bonds is 4. The normalized spacial score (nSPS) is 10.1. The Morgan fingerprint density at radius 3 is 2.60 bits per heavy atom. The summed E-state index contributed by atoms with van der Waals surface area (Å²) in [5, 5.41) is 6.20. The summed E-state index contributed by atoms with van der Waals surface area (Å²) in [6, 6.07) is 9.20. The van der Waals surface area contributed by atoms with E-state index < -0.39 is 0 Å². The molecule has 2 rings (SSSR count). The van der Waals surface area contributed by atoms with Crippen molar-refractivity contribution in [2.75, 3.05) is 20.6 Å². The lowest BCUT2D eigenvalue weighted by Crippen LogP contribution is -2.36. The molecule has 0 bridgehead atoms. The van der Waals surface area contributed by atoms with Gasteiger partial charge in [-0.3, -0.25) is 9.59 Å². The SMILES string of the molecule is CN(C)C(=O)CNC(=O)c1cnoc1-c1ccccc1. The average Bonchev–Trinajstić information content (AvgIpc) is 2.94. The van der Waals surface area contributed by atoms with Gasteiger partial charge in [0.2, 0.25) is 5.91 Å². The predicted molar refractivity (Wildman–Crippen MR) is 73.0 cm³/mol. The van der Waals surface area contributed by atoms with E-state index in [1.807, 2.05) is 30.3 Å². The molecular weight excluding hydrogens is 258 g/mol. The van der Waals surface area contributed by atoms with E-state index in [4.69, 9.17) is 4.52 Å². The summed E-state index contributed by atoms with van der Waals surface area (Å²) in [6.45, 7) is -0.0642. The predicted octanol–water partition coefficient (Wildman–Crippen LogP) is 1.16. The van der Waals surface area contributed by atoms with E-state index in [0.717, 1.165) is 5.56 Å². The molecule has 20 heavy (non-hydrogen) atoms. The molecule has 1 heterocycles. The van der Waals surface area contributed by atoms with Gasteiger partial charge >= 0.3 is 0 Å². The molecule has 2 aromatic rings. The highest BCUT2D eigenvalue weighted by Gasteiger charge is 2.18. The van der Waals surface area contributed by atoms with Crippen LogP contribution in [0.1, 0.15) is 10.4 Å². The van der Waals surface area contributed by atoms with Crippen molar-refractivity contribution in [3.63, 3.8) is 0 Å². The molecular formula is C14H15N3O3. The molecule has 2 amide bonds. The highest BCUT2D eigenvalue weighted by molar-refractivity contribution is 6.00. The van der Waals surface area contributed by atoms with Gasteiger partial charge in [-0.1, -0.05) is 35.5 Å². The van der Waals surface area contributed by atoms with Crippen LogP contribution in [0.25, 0.3) is 11.3 Å². The van der Waals surface area contributed by atoms with Gasteiger partial charge < -0.3 is 14.7 Å². The van der Waals surface area contributed by atoms with E-state index in [-0.39, 0.29) is 18.4 Å². The van der Waals surface area contributed by atoms with Crippen molar-refractivity contribution in [1.82, 2.24) is 15.4 Å². The molecule has 0 unspecified atom stereocenters. The van der Waals surface area contributed by atoms with Crippen LogP contribution in [-0.2, 0) is 4.79 Å². The summed E-state index contributed by atoms with van der Waals surface area (Å²) in [6.07, 6.45) is 1.35. The second kappa shape index (κ2) is 6.01. The second-order valence-corrected chi connectivity index (χ2v) is 4.41. The Hall–Kier alpha value is -2.63. The number of likely N-dealkylation sites (N-methyl/N-ethyl adjacent to an activating group) is 1. The van der Waals surface area contributed by atoms with Crippen molar-refractivity contribution in [3.8, 4) is 11.3 Å². The Labute approximate surface area is 116 Å². The monoisotopic (exact) mass is 273 g/mol. The van der Waals surface area contributed by atoms with Gasteiger partial charge in [0, 0.05) is 19.7 Å². The van der Waals surface area contributed by atoms with Gasteiger partial charge in [-0.2, -0.15) is 0 Å². The summed E-state index contributed by atoms with van der Waals surface area (Å²) in [5.41, 5.74) is 1.07. The number of carbonyl (C=O) groups excluding carboxylic acids is 2. The summed E-state index contributed by atoms with van der Waals surface area (Å²) in [5.74, 6) is -0.184. The molecule has 1 aromatic carbocycles. The Kier molecular flexibility index (Phi) is 4.14. The zero-order chi connectivity index (χ0) is 14.5. The number of amides is 2. The third-order valence-corrected chi connectivity index (χ3v) is 2.75. The molecule has 0 fully saturated rings. The van der Waals surface area contributed by atoms with Crippen molar-refractivity contribution in [3.05, 3.63) is 42.1 Å². The van der Waals surface area contributed by atoms with Gasteiger partial charge in [0.15, 0.2) is 5.76 Å². The maximum absolute atomic E-state index is 12.0. The standard InChI is InChI=1S/C14H15N3O3/c1-17(2)12(18)9-15-14(19)11-8-16-20-13(11)10-6-4-3-5-7-10/h3-8H,9H2,1-2H3,(H,15,19). The quantitative estimate of drug-likeness (QED) is 0.907. The minimum Gasteiger partial charge on any atom is -0.355 e. The molecule has 1 N–H and O–H groups in total. The Bertz CT molecular complexity index is 605. The fourth-order valence-corrected chi connectivity index (χ4v) is 1.61. The van der Waals surface area contributed by atoms with E-state index >= 15 is 0 Å². The van der Waals surface area contributed by atoms with Gasteiger partial charge in [0.25, 0.3) is 5.91 Å². The van der Waals surface area contributed by atoms with Crippen LogP contribution in [0.5, 0.6) is 0 Å². The summed E-state index contributed by atoms with van der Waals surface area (Å²) < 4.78 is 5.12. The first-order chi connectivity index (χ1) is 9.59. The maximum atomic E-state index is 12.0. The number of carbonyl (C=O) groups is 2. The van der Waals surface area contributed by atoms with Crippen LogP contribution in [0.3, 0.4) is 0 Å². The smallest absolute Gasteiger partial charge is 0.257 e. The molecule has 0 saturated heterocycles. The van der Waals surface area contributed by atoms with E-state index in [9.17, 15) is 9.59 Å². The fourth-order valence-electron chi connectivity index (χ4n) is 1.61. The molecule has 0 aliphatic carbocycles. The third kappa shape index (κ3) is 3.03. The van der Waals surface area contributed by atoms with Crippen LogP contribution in [0.15, 0.2) is 41.1 Å². The van der Waals surface area contributed by atoms with E-state index in [1.165, 1.54) is 11.1 Å². The lowest BCUT2D eigenvalue weighted by atomic mass is 10.1. The van der Waals surface area contributed by atoms with Gasteiger partial charge in [0.05, 0.1) is 12.7 Å². The first-order valence-electron chi connectivity index (χ1n) is 6.08. The topological polar surface area (TPSA) is 75.4 Å². The minimum atomic E-state index is -0.389. The summed E-state index contributed by atoms with van der Waals surface area (Å²) in [7, 11) is 3.26. The van der Waals surface area contributed by atoms with Crippen LogP contribution < -0.4 is 5.32 Å². The molecule has 0 aliphatic rings. The number of hydrogen-bond acceptors (Lipinski definition) is 4. The summed E-state index contributed by atoms with van der Waals surface area (Å²) >= 11 is 0. The molecule has 0 radical (unpaired) electrons. The van der Waals surface area contributed by atoms with Gasteiger partial charge in [-0.15, -0.1) is 0 Å². The average molecular weight is 273 g/mol. The zero-order valence-electron chi connectivity index (χ0n) is 11.3. The van der Waals surface area contributed by atoms with Crippen LogP contribution >= 0.6 is 0 Å². The largest absolute Gasteiger partial charge is 0.355 e. The Morgan fingerprint density at radius 2 is 1.95 bits per heavy atom. The van der Waals surface area contributed by atoms with Crippen molar-refractivity contribution < 1.29 is 14.1 Å². The molecule has 6 heteroatoms. The number of benzene rings is 1. The molecule has 0 aliphatic heterocycles.